The van der Waals surface area contributed by atoms with Crippen molar-refractivity contribution in [1.29, 1.82) is 0 Å². The fourth-order valence-corrected chi connectivity index (χ4v) is 3.09. The van der Waals surface area contributed by atoms with Crippen molar-refractivity contribution in [3.05, 3.63) is 47.9 Å². The second-order valence-electron chi connectivity index (χ2n) is 5.71. The quantitative estimate of drug-likeness (QED) is 0.459. The molecule has 1 aliphatic heterocycles. The topological polar surface area (TPSA) is 80.3 Å². The summed E-state index contributed by atoms with van der Waals surface area (Å²) in [6.45, 7) is 2.05. The largest absolute Gasteiger partial charge is 0.458 e. The summed E-state index contributed by atoms with van der Waals surface area (Å²) >= 11 is 0. The number of carbonyl (C=O) groups is 1. The Hall–Kier alpha value is -2.11. The van der Waals surface area contributed by atoms with E-state index in [-0.39, 0.29) is 5.91 Å². The minimum atomic E-state index is -0.374. The fourth-order valence-electron chi connectivity index (χ4n) is 3.09. The number of nitrogen functional groups attached to an aromatic ring is 1. The van der Waals surface area contributed by atoms with Gasteiger partial charge in [-0.15, -0.1) is 0 Å². The van der Waals surface area contributed by atoms with E-state index in [1.807, 2.05) is 30.3 Å². The first-order valence-corrected chi connectivity index (χ1v) is 7.67. The molecule has 0 radical (unpaired) electrons. The molecular formula is C17H21N3O2. The average Bonchev–Trinajstić information content (AvgIpc) is 2.99. The summed E-state index contributed by atoms with van der Waals surface area (Å²) in [5.41, 5.74) is 5.16. The number of nitrogens with two attached hydrogens (primary N) is 1. The molecule has 22 heavy (non-hydrogen) atoms. The molecule has 4 N–H and O–H groups in total. The minimum absolute atomic E-state index is 0.326. The van der Waals surface area contributed by atoms with E-state index < -0.39 is 0 Å². The molecule has 5 nitrogen and oxygen atoms in total. The zero-order valence-corrected chi connectivity index (χ0v) is 12.5. The van der Waals surface area contributed by atoms with Gasteiger partial charge in [-0.3, -0.25) is 10.2 Å². The van der Waals surface area contributed by atoms with Gasteiger partial charge in [0.1, 0.15) is 0 Å². The number of hydrogen-bond acceptors (Lipinski definition) is 4. The fraction of sp³-hybridized carbons (Fsp3) is 0.353. The van der Waals surface area contributed by atoms with Crippen molar-refractivity contribution < 1.29 is 9.21 Å². The van der Waals surface area contributed by atoms with Gasteiger partial charge in [0.25, 0.3) is 0 Å². The Morgan fingerprint density at radius 1 is 1.36 bits per heavy atom. The number of nitrogens with one attached hydrogen (secondary N) is 2. The number of hydrazine groups is 1. The van der Waals surface area contributed by atoms with Crippen LogP contribution in [0.25, 0.3) is 11.1 Å². The van der Waals surface area contributed by atoms with Crippen LogP contribution in [-0.4, -0.2) is 19.0 Å². The normalized spacial score (nSPS) is 18.1. The third-order valence-corrected chi connectivity index (χ3v) is 4.21. The van der Waals surface area contributed by atoms with Crippen molar-refractivity contribution in [3.8, 4) is 11.1 Å². The summed E-state index contributed by atoms with van der Waals surface area (Å²) in [6, 6.07) is 9.99. The molecule has 1 amide bonds. The number of furan rings is 1. The third-order valence-electron chi connectivity index (χ3n) is 4.21. The van der Waals surface area contributed by atoms with Gasteiger partial charge in [0.15, 0.2) is 5.76 Å². The Kier molecular flexibility index (Phi) is 4.56. The van der Waals surface area contributed by atoms with Crippen molar-refractivity contribution in [2.75, 3.05) is 13.1 Å². The second-order valence-corrected chi connectivity index (χ2v) is 5.71. The van der Waals surface area contributed by atoms with E-state index in [0.29, 0.717) is 11.7 Å². The predicted molar refractivity (Wildman–Crippen MR) is 85.1 cm³/mol. The molecule has 116 valence electrons. The van der Waals surface area contributed by atoms with Crippen molar-refractivity contribution in [1.82, 2.24) is 10.7 Å². The Morgan fingerprint density at radius 3 is 2.86 bits per heavy atom. The van der Waals surface area contributed by atoms with E-state index in [2.05, 4.69) is 10.7 Å². The van der Waals surface area contributed by atoms with E-state index >= 15 is 0 Å². The van der Waals surface area contributed by atoms with Gasteiger partial charge in [-0.2, -0.15) is 0 Å². The number of carbonyl (C=O) groups excluding carboxylic acids is 1. The highest BCUT2D eigenvalue weighted by Gasteiger charge is 2.24. The molecule has 1 saturated heterocycles. The van der Waals surface area contributed by atoms with Gasteiger partial charge in [0.2, 0.25) is 0 Å². The molecule has 0 bridgehead atoms. The van der Waals surface area contributed by atoms with Crippen LogP contribution in [0, 0.1) is 5.92 Å². The first-order chi connectivity index (χ1) is 10.8. The molecule has 1 unspecified atom stereocenters. The SMILES string of the molecule is NNC(=O)c1occ(-c2ccccc2)c1CC1CCCNC1. The molecule has 2 heterocycles. The lowest BCUT2D eigenvalue weighted by atomic mass is 9.89. The maximum absolute atomic E-state index is 12.0. The second kappa shape index (κ2) is 6.77. The van der Waals surface area contributed by atoms with Crippen LogP contribution in [0.5, 0.6) is 0 Å². The van der Waals surface area contributed by atoms with Crippen LogP contribution in [0.1, 0.15) is 29.0 Å². The van der Waals surface area contributed by atoms with Crippen molar-refractivity contribution in [3.63, 3.8) is 0 Å². The molecule has 0 spiro atoms. The van der Waals surface area contributed by atoms with Crippen molar-refractivity contribution >= 4 is 5.91 Å². The van der Waals surface area contributed by atoms with Crippen LogP contribution in [-0.2, 0) is 6.42 Å². The van der Waals surface area contributed by atoms with Crippen molar-refractivity contribution in [2.45, 2.75) is 19.3 Å². The summed E-state index contributed by atoms with van der Waals surface area (Å²) in [6.07, 6.45) is 4.81. The Labute approximate surface area is 129 Å². The summed E-state index contributed by atoms with van der Waals surface area (Å²) in [4.78, 5) is 12.0. The summed E-state index contributed by atoms with van der Waals surface area (Å²) in [5.74, 6) is 5.75. The average molecular weight is 299 g/mol. The number of hydrogen-bond donors (Lipinski definition) is 3. The lowest BCUT2D eigenvalue weighted by Crippen LogP contribution is -2.33. The molecular weight excluding hydrogens is 278 g/mol. The Balaban J connectivity index is 1.95. The van der Waals surface area contributed by atoms with Crippen LogP contribution in [0.4, 0.5) is 0 Å². The highest BCUT2D eigenvalue weighted by atomic mass is 16.3. The van der Waals surface area contributed by atoms with E-state index in [4.69, 9.17) is 10.3 Å². The zero-order valence-electron chi connectivity index (χ0n) is 12.5. The number of benzene rings is 1. The summed E-state index contributed by atoms with van der Waals surface area (Å²) in [5, 5.41) is 3.41. The smallest absolute Gasteiger partial charge is 0.301 e. The molecule has 0 aliphatic carbocycles. The van der Waals surface area contributed by atoms with Gasteiger partial charge in [-0.25, -0.2) is 5.84 Å². The molecule has 1 aliphatic rings. The highest BCUT2D eigenvalue weighted by Crippen LogP contribution is 2.31. The van der Waals surface area contributed by atoms with E-state index in [1.54, 1.807) is 6.26 Å². The number of piperidine rings is 1. The van der Waals surface area contributed by atoms with Gasteiger partial charge in [-0.1, -0.05) is 30.3 Å². The minimum Gasteiger partial charge on any atom is -0.458 e. The molecule has 3 rings (SSSR count). The Bertz CT molecular complexity index is 631. The number of rotatable bonds is 4. The molecule has 1 atom stereocenters. The van der Waals surface area contributed by atoms with Gasteiger partial charge in [0, 0.05) is 11.1 Å². The van der Waals surface area contributed by atoms with E-state index in [9.17, 15) is 4.79 Å². The van der Waals surface area contributed by atoms with Crippen LogP contribution in [0.15, 0.2) is 41.0 Å². The van der Waals surface area contributed by atoms with Crippen LogP contribution in [0.3, 0.4) is 0 Å². The van der Waals surface area contributed by atoms with E-state index in [1.165, 1.54) is 6.42 Å². The first kappa shape index (κ1) is 14.8. The zero-order chi connectivity index (χ0) is 15.4. The molecule has 5 heteroatoms. The predicted octanol–water partition coefficient (Wildman–Crippen LogP) is 2.09. The van der Waals surface area contributed by atoms with Crippen LogP contribution in [0.2, 0.25) is 0 Å². The van der Waals surface area contributed by atoms with Crippen LogP contribution >= 0.6 is 0 Å². The summed E-state index contributed by atoms with van der Waals surface area (Å²) < 4.78 is 5.53. The molecule has 1 fully saturated rings. The number of amides is 1. The maximum atomic E-state index is 12.0. The third kappa shape index (κ3) is 3.05. The van der Waals surface area contributed by atoms with Crippen LogP contribution < -0.4 is 16.6 Å². The lowest BCUT2D eigenvalue weighted by molar-refractivity contribution is 0.0924. The first-order valence-electron chi connectivity index (χ1n) is 7.67. The lowest BCUT2D eigenvalue weighted by Gasteiger charge is -2.23. The standard InChI is InChI=1S/C17H21N3O2/c18-20-17(21)16-14(9-12-5-4-8-19-10-12)15(11-22-16)13-6-2-1-3-7-13/h1-3,6-7,11-12,19H,4-5,8-10,18H2,(H,20,21). The molecule has 2 aromatic rings. The Morgan fingerprint density at radius 2 is 2.18 bits per heavy atom. The van der Waals surface area contributed by atoms with Crippen molar-refractivity contribution in [2.24, 2.45) is 11.8 Å². The van der Waals surface area contributed by atoms with E-state index in [0.717, 1.165) is 42.6 Å². The highest BCUT2D eigenvalue weighted by molar-refractivity contribution is 5.94. The molecule has 1 aromatic heterocycles. The maximum Gasteiger partial charge on any atom is 0.301 e. The van der Waals surface area contributed by atoms with Gasteiger partial charge in [-0.05, 0) is 43.8 Å². The summed E-state index contributed by atoms with van der Waals surface area (Å²) in [7, 11) is 0. The van der Waals surface area contributed by atoms with Gasteiger partial charge in [0.05, 0.1) is 6.26 Å². The molecule has 0 saturated carbocycles. The molecule has 1 aromatic carbocycles. The van der Waals surface area contributed by atoms with Gasteiger partial charge < -0.3 is 9.73 Å². The van der Waals surface area contributed by atoms with Gasteiger partial charge >= 0.3 is 5.91 Å². The monoisotopic (exact) mass is 299 g/mol.